The Morgan fingerprint density at radius 2 is 1.85 bits per heavy atom. The van der Waals surface area contributed by atoms with Crippen molar-refractivity contribution in [1.82, 2.24) is 0 Å². The van der Waals surface area contributed by atoms with Gasteiger partial charge in [-0.25, -0.2) is 0 Å². The summed E-state index contributed by atoms with van der Waals surface area (Å²) in [6.07, 6.45) is 0. The van der Waals surface area contributed by atoms with Crippen LogP contribution in [0.25, 0.3) is 0 Å². The Balaban J connectivity index is 2.19. The maximum absolute atomic E-state index is 9.72. The van der Waals surface area contributed by atoms with Crippen LogP contribution in [0.1, 0.15) is 5.56 Å². The molecule has 106 valence electrons. The van der Waals surface area contributed by atoms with Crippen LogP contribution >= 0.6 is 11.6 Å². The molecule has 0 saturated carbocycles. The third kappa shape index (κ3) is 2.83. The van der Waals surface area contributed by atoms with Gasteiger partial charge in [-0.1, -0.05) is 11.6 Å². The predicted molar refractivity (Wildman–Crippen MR) is 76.8 cm³/mol. The number of benzene rings is 2. The molecule has 0 spiro atoms. The van der Waals surface area contributed by atoms with Gasteiger partial charge in [-0.15, -0.1) is 0 Å². The zero-order valence-corrected chi connectivity index (χ0v) is 11.5. The Kier molecular flexibility index (Phi) is 4.10. The zero-order valence-electron chi connectivity index (χ0n) is 10.7. The van der Waals surface area contributed by atoms with Gasteiger partial charge in [0.25, 0.3) is 0 Å². The summed E-state index contributed by atoms with van der Waals surface area (Å²) in [4.78, 5) is 0. The van der Waals surface area contributed by atoms with E-state index in [0.717, 1.165) is 0 Å². The predicted octanol–water partition coefficient (Wildman–Crippen LogP) is 3.08. The van der Waals surface area contributed by atoms with Crippen LogP contribution in [0.2, 0.25) is 5.02 Å². The van der Waals surface area contributed by atoms with Crippen LogP contribution < -0.4 is 10.1 Å². The molecule has 0 radical (unpaired) electrons. The molecule has 0 unspecified atom stereocenters. The fourth-order valence-corrected chi connectivity index (χ4v) is 1.90. The molecule has 6 heteroatoms. The highest BCUT2D eigenvalue weighted by Gasteiger charge is 2.11. The normalized spacial score (nSPS) is 10.3. The number of hydrogen-bond donors (Lipinski definition) is 4. The van der Waals surface area contributed by atoms with Crippen LogP contribution in [0, 0.1) is 0 Å². The molecule has 0 aliphatic carbocycles. The second-order valence-electron chi connectivity index (χ2n) is 4.14. The molecule has 2 aromatic rings. The molecule has 0 saturated heterocycles. The van der Waals surface area contributed by atoms with Gasteiger partial charge in [0, 0.05) is 18.2 Å². The smallest absolute Gasteiger partial charge is 0.200 e. The fraction of sp³-hybridized carbons (Fsp3) is 0.143. The molecule has 0 bridgehead atoms. The van der Waals surface area contributed by atoms with Crippen molar-refractivity contribution in [2.45, 2.75) is 6.54 Å². The number of ether oxygens (including phenoxy) is 1. The average Bonchev–Trinajstić information content (AvgIpc) is 2.45. The number of phenolic OH excluding ortho intramolecular Hbond substituents is 3. The van der Waals surface area contributed by atoms with Gasteiger partial charge in [0.2, 0.25) is 5.75 Å². The van der Waals surface area contributed by atoms with Crippen LogP contribution in [-0.2, 0) is 6.54 Å². The highest BCUT2D eigenvalue weighted by molar-refractivity contribution is 6.33. The van der Waals surface area contributed by atoms with Crippen molar-refractivity contribution in [1.29, 1.82) is 0 Å². The number of hydrogen-bond acceptors (Lipinski definition) is 5. The lowest BCUT2D eigenvalue weighted by molar-refractivity contribution is 0.365. The van der Waals surface area contributed by atoms with Crippen LogP contribution in [-0.4, -0.2) is 22.4 Å². The number of halogens is 1. The number of aromatic hydroxyl groups is 3. The van der Waals surface area contributed by atoms with E-state index in [2.05, 4.69) is 5.32 Å². The number of nitrogens with one attached hydrogen (secondary N) is 1. The summed E-state index contributed by atoms with van der Waals surface area (Å²) in [6, 6.07) is 7.96. The monoisotopic (exact) mass is 295 g/mol. The molecule has 0 amide bonds. The summed E-state index contributed by atoms with van der Waals surface area (Å²) in [7, 11) is 1.55. The largest absolute Gasteiger partial charge is 0.504 e. The first kappa shape index (κ1) is 14.1. The van der Waals surface area contributed by atoms with Gasteiger partial charge in [0.1, 0.15) is 5.75 Å². The van der Waals surface area contributed by atoms with Crippen LogP contribution in [0.3, 0.4) is 0 Å². The molecule has 4 N–H and O–H groups in total. The van der Waals surface area contributed by atoms with Gasteiger partial charge < -0.3 is 25.4 Å². The number of rotatable bonds is 4. The molecule has 0 aliphatic heterocycles. The van der Waals surface area contributed by atoms with E-state index in [-0.39, 0.29) is 18.0 Å². The van der Waals surface area contributed by atoms with Crippen molar-refractivity contribution in [3.63, 3.8) is 0 Å². The lowest BCUT2D eigenvalue weighted by Crippen LogP contribution is -2.00. The van der Waals surface area contributed by atoms with Gasteiger partial charge >= 0.3 is 0 Å². The molecular weight excluding hydrogens is 282 g/mol. The van der Waals surface area contributed by atoms with Crippen molar-refractivity contribution < 1.29 is 20.1 Å². The minimum atomic E-state index is -0.541. The van der Waals surface area contributed by atoms with Gasteiger partial charge in [0.05, 0.1) is 17.8 Å². The van der Waals surface area contributed by atoms with Gasteiger partial charge in [-0.3, -0.25) is 0 Å². The molecule has 2 rings (SSSR count). The van der Waals surface area contributed by atoms with Crippen LogP contribution in [0.4, 0.5) is 5.69 Å². The van der Waals surface area contributed by atoms with Crippen molar-refractivity contribution in [3.8, 4) is 23.0 Å². The zero-order chi connectivity index (χ0) is 14.7. The summed E-state index contributed by atoms with van der Waals surface area (Å²) in [5.41, 5.74) is 1.07. The molecule has 0 aliphatic rings. The Hall–Kier alpha value is -2.27. The summed E-state index contributed by atoms with van der Waals surface area (Å²) in [5.74, 6) is -0.627. The van der Waals surface area contributed by atoms with E-state index in [1.807, 2.05) is 0 Å². The minimum absolute atomic E-state index is 0.229. The highest BCUT2D eigenvalue weighted by Crippen LogP contribution is 2.37. The summed E-state index contributed by atoms with van der Waals surface area (Å²) >= 11 is 6.05. The summed E-state index contributed by atoms with van der Waals surface area (Å²) in [6.45, 7) is 0.229. The van der Waals surface area contributed by atoms with E-state index in [4.69, 9.17) is 16.3 Å². The quantitative estimate of drug-likeness (QED) is 0.652. The van der Waals surface area contributed by atoms with E-state index in [1.54, 1.807) is 25.3 Å². The third-order valence-electron chi connectivity index (χ3n) is 2.86. The average molecular weight is 296 g/mol. The Labute approximate surface area is 121 Å². The minimum Gasteiger partial charge on any atom is -0.504 e. The first-order valence-electron chi connectivity index (χ1n) is 5.83. The maximum Gasteiger partial charge on any atom is 0.200 e. The second kappa shape index (κ2) is 5.79. The van der Waals surface area contributed by atoms with Crippen LogP contribution in [0.15, 0.2) is 30.3 Å². The van der Waals surface area contributed by atoms with Crippen molar-refractivity contribution >= 4 is 17.3 Å². The summed E-state index contributed by atoms with van der Waals surface area (Å²) < 4.78 is 5.10. The van der Waals surface area contributed by atoms with E-state index in [1.165, 1.54) is 12.1 Å². The lowest BCUT2D eigenvalue weighted by atomic mass is 10.1. The molecule has 5 nitrogen and oxygen atoms in total. The van der Waals surface area contributed by atoms with Gasteiger partial charge in [0.15, 0.2) is 11.5 Å². The number of methoxy groups -OCH3 is 1. The third-order valence-corrected chi connectivity index (χ3v) is 3.19. The molecule has 2 aromatic carbocycles. The topological polar surface area (TPSA) is 82.0 Å². The Bertz CT molecular complexity index is 631. The molecule has 0 fully saturated rings. The number of anilines is 1. The second-order valence-corrected chi connectivity index (χ2v) is 4.55. The summed E-state index contributed by atoms with van der Waals surface area (Å²) in [5, 5.41) is 32.0. The van der Waals surface area contributed by atoms with E-state index < -0.39 is 5.75 Å². The van der Waals surface area contributed by atoms with Crippen LogP contribution in [0.5, 0.6) is 23.0 Å². The van der Waals surface area contributed by atoms with E-state index >= 15 is 0 Å². The molecule has 20 heavy (non-hydrogen) atoms. The Morgan fingerprint density at radius 1 is 1.10 bits per heavy atom. The molecule has 0 atom stereocenters. The fourth-order valence-electron chi connectivity index (χ4n) is 1.71. The number of phenols is 3. The SMILES string of the molecule is COc1ccc(Cl)c(NCc2ccc(O)c(O)c2O)c1. The highest BCUT2D eigenvalue weighted by atomic mass is 35.5. The molecular formula is C14H14ClNO4. The first-order chi connectivity index (χ1) is 9.52. The molecule has 0 aromatic heterocycles. The maximum atomic E-state index is 9.72. The van der Waals surface area contributed by atoms with E-state index in [9.17, 15) is 15.3 Å². The molecule has 0 heterocycles. The van der Waals surface area contributed by atoms with Crippen molar-refractivity contribution in [2.24, 2.45) is 0 Å². The first-order valence-corrected chi connectivity index (χ1v) is 6.21. The van der Waals surface area contributed by atoms with Crippen molar-refractivity contribution in [3.05, 3.63) is 40.9 Å². The Morgan fingerprint density at radius 3 is 2.55 bits per heavy atom. The standard InChI is InChI=1S/C14H14ClNO4/c1-20-9-3-4-10(15)11(6-9)16-7-8-2-5-12(17)14(19)13(8)18/h2-6,16-19H,7H2,1H3. The lowest BCUT2D eigenvalue weighted by Gasteiger charge is -2.12. The van der Waals surface area contributed by atoms with Gasteiger partial charge in [-0.05, 0) is 24.3 Å². The van der Waals surface area contributed by atoms with Gasteiger partial charge in [-0.2, -0.15) is 0 Å². The van der Waals surface area contributed by atoms with Crippen molar-refractivity contribution in [2.75, 3.05) is 12.4 Å². The van der Waals surface area contributed by atoms with E-state index in [0.29, 0.717) is 22.0 Å².